The molecular weight excluding hydrogens is 378 g/mol. The van der Waals surface area contributed by atoms with Crippen molar-refractivity contribution in [2.24, 2.45) is 0 Å². The second-order valence-corrected chi connectivity index (χ2v) is 8.20. The minimum Gasteiger partial charge on any atom is -0.356 e. The van der Waals surface area contributed by atoms with E-state index in [1.165, 1.54) is 37.9 Å². The average molecular weight is 410 g/mol. The lowest BCUT2D eigenvalue weighted by Gasteiger charge is -2.26. The Kier molecular flexibility index (Phi) is 6.79. The molecule has 1 unspecified atom stereocenters. The number of carbonyl (C=O) groups excluding carboxylic acids is 2. The molecule has 0 bridgehead atoms. The monoisotopic (exact) mass is 409 g/mol. The zero-order chi connectivity index (χ0) is 20.8. The number of imidazole rings is 1. The Balaban J connectivity index is 1.34. The predicted molar refractivity (Wildman–Crippen MR) is 116 cm³/mol. The first-order valence-electron chi connectivity index (χ1n) is 11.1. The van der Waals surface area contributed by atoms with Crippen molar-refractivity contribution in [2.75, 3.05) is 37.6 Å². The molecular formula is C23H31N5O2. The molecule has 2 aliphatic heterocycles. The molecule has 2 aromatic rings. The zero-order valence-corrected chi connectivity index (χ0v) is 17.5. The normalized spacial score (nSPS) is 17.5. The molecule has 2 aliphatic rings. The van der Waals surface area contributed by atoms with E-state index in [2.05, 4.69) is 21.3 Å². The first-order valence-corrected chi connectivity index (χ1v) is 11.1. The number of aromatic nitrogens is 2. The van der Waals surface area contributed by atoms with Crippen LogP contribution in [0.5, 0.6) is 0 Å². The maximum Gasteiger partial charge on any atom is 0.250 e. The summed E-state index contributed by atoms with van der Waals surface area (Å²) in [6.07, 6.45) is 10.8. The second kappa shape index (κ2) is 9.89. The number of carbonyl (C=O) groups is 2. The third kappa shape index (κ3) is 4.90. The van der Waals surface area contributed by atoms with Gasteiger partial charge in [0.2, 0.25) is 5.91 Å². The molecule has 1 aromatic heterocycles. The molecule has 30 heavy (non-hydrogen) atoms. The number of anilines is 1. The number of para-hydroxylation sites is 1. The third-order valence-electron chi connectivity index (χ3n) is 6.12. The molecule has 0 aliphatic carbocycles. The Labute approximate surface area is 178 Å². The van der Waals surface area contributed by atoms with Crippen molar-refractivity contribution in [1.29, 1.82) is 0 Å². The third-order valence-corrected chi connectivity index (χ3v) is 6.12. The number of nitrogens with zero attached hydrogens (tertiary/aromatic N) is 4. The highest BCUT2D eigenvalue weighted by Gasteiger charge is 2.32. The van der Waals surface area contributed by atoms with Crippen LogP contribution >= 0.6 is 0 Å². The van der Waals surface area contributed by atoms with Crippen LogP contribution in [0.1, 0.15) is 43.7 Å². The number of piperidine rings is 1. The van der Waals surface area contributed by atoms with Crippen LogP contribution in [0.15, 0.2) is 43.0 Å². The van der Waals surface area contributed by atoms with Crippen LogP contribution in [-0.4, -0.2) is 59.0 Å². The van der Waals surface area contributed by atoms with Gasteiger partial charge in [-0.2, -0.15) is 0 Å². The molecule has 160 valence electrons. The van der Waals surface area contributed by atoms with Gasteiger partial charge in [-0.25, -0.2) is 4.98 Å². The van der Waals surface area contributed by atoms with Gasteiger partial charge in [-0.1, -0.05) is 24.6 Å². The van der Waals surface area contributed by atoms with Gasteiger partial charge in [0.1, 0.15) is 6.04 Å². The van der Waals surface area contributed by atoms with E-state index in [9.17, 15) is 9.59 Å². The Bertz CT molecular complexity index is 845. The van der Waals surface area contributed by atoms with Gasteiger partial charge < -0.3 is 19.7 Å². The van der Waals surface area contributed by atoms with Crippen molar-refractivity contribution in [3.05, 3.63) is 48.5 Å². The highest BCUT2D eigenvalue weighted by Crippen LogP contribution is 2.30. The molecule has 2 amide bonds. The number of fused-ring (bicyclic) bond motifs is 1. The predicted octanol–water partition coefficient (Wildman–Crippen LogP) is 2.40. The van der Waals surface area contributed by atoms with Gasteiger partial charge in [-0.3, -0.25) is 9.59 Å². The average Bonchev–Trinajstić information content (AvgIpc) is 3.45. The first-order chi connectivity index (χ1) is 14.7. The van der Waals surface area contributed by atoms with Crippen molar-refractivity contribution >= 4 is 17.5 Å². The van der Waals surface area contributed by atoms with Crippen molar-refractivity contribution in [3.8, 4) is 0 Å². The van der Waals surface area contributed by atoms with Gasteiger partial charge >= 0.3 is 0 Å². The summed E-state index contributed by atoms with van der Waals surface area (Å²) in [6.45, 7) is 4.66. The molecule has 1 N–H and O–H groups in total. The summed E-state index contributed by atoms with van der Waals surface area (Å²) in [4.78, 5) is 34.4. The number of rotatable bonds is 8. The van der Waals surface area contributed by atoms with E-state index in [0.717, 1.165) is 25.1 Å². The minimum absolute atomic E-state index is 0.0542. The molecule has 7 nitrogen and oxygen atoms in total. The van der Waals surface area contributed by atoms with E-state index in [0.29, 0.717) is 13.1 Å². The number of hydrogen-bond acceptors (Lipinski definition) is 4. The van der Waals surface area contributed by atoms with E-state index in [1.54, 1.807) is 23.3 Å². The summed E-state index contributed by atoms with van der Waals surface area (Å²) in [5.41, 5.74) is 2.13. The lowest BCUT2D eigenvalue weighted by atomic mass is 10.1. The molecule has 1 saturated heterocycles. The van der Waals surface area contributed by atoms with E-state index in [4.69, 9.17) is 0 Å². The molecule has 1 fully saturated rings. The maximum atomic E-state index is 13.4. The number of amides is 2. The van der Waals surface area contributed by atoms with Crippen LogP contribution < -0.4 is 10.2 Å². The van der Waals surface area contributed by atoms with Crippen molar-refractivity contribution < 1.29 is 9.59 Å². The molecule has 0 radical (unpaired) electrons. The Morgan fingerprint density at radius 3 is 2.73 bits per heavy atom. The van der Waals surface area contributed by atoms with Crippen LogP contribution in [0, 0.1) is 0 Å². The van der Waals surface area contributed by atoms with Crippen LogP contribution in [0.2, 0.25) is 0 Å². The molecule has 7 heteroatoms. The number of nitrogens with one attached hydrogen (secondary N) is 1. The standard InChI is InChI=1S/C23H31N5O2/c29-22(25-10-6-14-26-12-4-1-5-13-26)17-21(27-16-11-24-18-27)23(30)28-15-9-19-7-2-3-8-20(19)28/h2-3,7-8,11,16,18,21H,1,4-6,9-10,12-15,17H2,(H,25,29). The first kappa shape index (κ1) is 20.6. The number of benzene rings is 1. The minimum atomic E-state index is -0.583. The van der Waals surface area contributed by atoms with Crippen molar-refractivity contribution in [2.45, 2.75) is 44.6 Å². The van der Waals surface area contributed by atoms with Crippen molar-refractivity contribution in [1.82, 2.24) is 19.8 Å². The quantitative estimate of drug-likeness (QED) is 0.680. The Hall–Kier alpha value is -2.67. The smallest absolute Gasteiger partial charge is 0.250 e. The molecule has 0 spiro atoms. The van der Waals surface area contributed by atoms with Gasteiger partial charge in [0, 0.05) is 31.2 Å². The topological polar surface area (TPSA) is 70.5 Å². The Morgan fingerprint density at radius 1 is 1.10 bits per heavy atom. The second-order valence-electron chi connectivity index (χ2n) is 8.20. The molecule has 0 saturated carbocycles. The summed E-state index contributed by atoms with van der Waals surface area (Å²) < 4.78 is 1.75. The van der Waals surface area contributed by atoms with Crippen LogP contribution in [0.4, 0.5) is 5.69 Å². The van der Waals surface area contributed by atoms with Crippen LogP contribution in [0.25, 0.3) is 0 Å². The van der Waals surface area contributed by atoms with Gasteiger partial charge in [-0.05, 0) is 56.9 Å². The van der Waals surface area contributed by atoms with Crippen LogP contribution in [0.3, 0.4) is 0 Å². The van der Waals surface area contributed by atoms with E-state index >= 15 is 0 Å². The summed E-state index contributed by atoms with van der Waals surface area (Å²) in [6, 6.07) is 7.40. The fourth-order valence-corrected chi connectivity index (χ4v) is 4.48. The number of likely N-dealkylation sites (tertiary alicyclic amines) is 1. The fraction of sp³-hybridized carbons (Fsp3) is 0.522. The summed E-state index contributed by atoms with van der Waals surface area (Å²) in [7, 11) is 0. The Morgan fingerprint density at radius 2 is 1.93 bits per heavy atom. The molecule has 1 atom stereocenters. The fourth-order valence-electron chi connectivity index (χ4n) is 4.48. The lowest BCUT2D eigenvalue weighted by molar-refractivity contribution is -0.128. The molecule has 3 heterocycles. The summed E-state index contributed by atoms with van der Waals surface area (Å²) >= 11 is 0. The zero-order valence-electron chi connectivity index (χ0n) is 17.5. The maximum absolute atomic E-state index is 13.4. The SMILES string of the molecule is O=C(CC(C(=O)N1CCc2ccccc21)n1ccnc1)NCCCN1CCCCC1. The summed E-state index contributed by atoms with van der Waals surface area (Å²) in [5.74, 6) is -0.144. The van der Waals surface area contributed by atoms with Gasteiger partial charge in [-0.15, -0.1) is 0 Å². The largest absolute Gasteiger partial charge is 0.356 e. The van der Waals surface area contributed by atoms with Gasteiger partial charge in [0.25, 0.3) is 5.91 Å². The van der Waals surface area contributed by atoms with Crippen molar-refractivity contribution in [3.63, 3.8) is 0 Å². The highest BCUT2D eigenvalue weighted by atomic mass is 16.2. The molecule has 1 aromatic carbocycles. The highest BCUT2D eigenvalue weighted by molar-refractivity contribution is 6.00. The summed E-state index contributed by atoms with van der Waals surface area (Å²) in [5, 5.41) is 3.01. The van der Waals surface area contributed by atoms with Gasteiger partial charge in [0.05, 0.1) is 12.7 Å². The molecule has 4 rings (SSSR count). The lowest BCUT2D eigenvalue weighted by Crippen LogP contribution is -2.39. The van der Waals surface area contributed by atoms with E-state index < -0.39 is 6.04 Å². The van der Waals surface area contributed by atoms with Crippen LogP contribution in [-0.2, 0) is 16.0 Å². The van der Waals surface area contributed by atoms with E-state index in [1.807, 2.05) is 23.1 Å². The van der Waals surface area contributed by atoms with E-state index in [-0.39, 0.29) is 18.2 Å². The number of hydrogen-bond donors (Lipinski definition) is 1. The van der Waals surface area contributed by atoms with Gasteiger partial charge in [0.15, 0.2) is 0 Å².